The van der Waals surface area contributed by atoms with Crippen LogP contribution in [0.2, 0.25) is 0 Å². The number of hydrogen-bond acceptors (Lipinski definition) is 6. The van der Waals surface area contributed by atoms with Crippen molar-refractivity contribution in [3.63, 3.8) is 0 Å². The van der Waals surface area contributed by atoms with Gasteiger partial charge in [0.15, 0.2) is 5.82 Å². The van der Waals surface area contributed by atoms with Crippen LogP contribution in [0, 0.1) is 0 Å². The summed E-state index contributed by atoms with van der Waals surface area (Å²) in [7, 11) is 0. The van der Waals surface area contributed by atoms with Gasteiger partial charge in [-0.05, 0) is 24.1 Å². The van der Waals surface area contributed by atoms with E-state index in [2.05, 4.69) is 32.3 Å². The second-order valence-electron chi connectivity index (χ2n) is 5.62. The van der Waals surface area contributed by atoms with Crippen molar-refractivity contribution >= 4 is 5.91 Å². The molecule has 0 saturated heterocycles. The first-order chi connectivity index (χ1) is 12.2. The smallest absolute Gasteiger partial charge is 0.227 e. The van der Waals surface area contributed by atoms with Crippen molar-refractivity contribution in [3.8, 4) is 5.82 Å². The highest BCUT2D eigenvalue weighted by Gasteiger charge is 2.09. The molecule has 8 heteroatoms. The maximum atomic E-state index is 12.0. The fourth-order valence-electron chi connectivity index (χ4n) is 2.33. The van der Waals surface area contributed by atoms with Crippen molar-refractivity contribution in [2.75, 3.05) is 0 Å². The van der Waals surface area contributed by atoms with Gasteiger partial charge in [0.1, 0.15) is 12.1 Å². The van der Waals surface area contributed by atoms with Gasteiger partial charge in [-0.1, -0.05) is 12.1 Å². The van der Waals surface area contributed by atoms with Gasteiger partial charge in [0.25, 0.3) is 0 Å². The van der Waals surface area contributed by atoms with Gasteiger partial charge in [-0.2, -0.15) is 4.98 Å². The van der Waals surface area contributed by atoms with E-state index in [0.29, 0.717) is 31.1 Å². The minimum atomic E-state index is -0.0590. The third-order valence-electron chi connectivity index (χ3n) is 3.62. The highest BCUT2D eigenvalue weighted by molar-refractivity contribution is 5.76. The molecule has 0 radical (unpaired) electrons. The number of pyridine rings is 1. The molecule has 3 aromatic heterocycles. The molecule has 0 aliphatic heterocycles. The molecular formula is C17H20N6O2. The number of aryl methyl sites for hydroxylation is 2. The molecule has 3 rings (SSSR count). The standard InChI is InChI=1S/C17H20N6O2/c1-2-3-14-21-17(25-22-14)5-4-16(24)20-11-13-6-7-19-15(10-13)23-9-8-18-12-23/h6-10,12H,2-5,11H2,1H3,(H,20,24). The van der Waals surface area contributed by atoms with Gasteiger partial charge in [-0.25, -0.2) is 9.97 Å². The first-order valence-corrected chi connectivity index (χ1v) is 8.26. The summed E-state index contributed by atoms with van der Waals surface area (Å²) in [5.41, 5.74) is 0.968. The summed E-state index contributed by atoms with van der Waals surface area (Å²) in [5, 5.41) is 6.77. The SMILES string of the molecule is CCCc1noc(CCC(=O)NCc2ccnc(-n3ccnc3)c2)n1. The van der Waals surface area contributed by atoms with E-state index in [4.69, 9.17) is 4.52 Å². The Morgan fingerprint density at radius 2 is 2.24 bits per heavy atom. The Kier molecular flexibility index (Phi) is 5.50. The third-order valence-corrected chi connectivity index (χ3v) is 3.62. The molecule has 8 nitrogen and oxygen atoms in total. The topological polar surface area (TPSA) is 98.7 Å². The zero-order chi connectivity index (χ0) is 17.5. The summed E-state index contributed by atoms with van der Waals surface area (Å²) >= 11 is 0. The monoisotopic (exact) mass is 340 g/mol. The highest BCUT2D eigenvalue weighted by Crippen LogP contribution is 2.07. The van der Waals surface area contributed by atoms with Crippen LogP contribution < -0.4 is 5.32 Å². The van der Waals surface area contributed by atoms with Crippen LogP contribution in [0.25, 0.3) is 5.82 Å². The quantitative estimate of drug-likeness (QED) is 0.672. The second kappa shape index (κ2) is 8.18. The predicted octanol–water partition coefficient (Wildman–Crippen LogP) is 1.85. The van der Waals surface area contributed by atoms with Crippen LogP contribution in [0.3, 0.4) is 0 Å². The number of nitrogens with zero attached hydrogens (tertiary/aromatic N) is 5. The van der Waals surface area contributed by atoms with Crippen molar-refractivity contribution in [2.24, 2.45) is 0 Å². The van der Waals surface area contributed by atoms with Crippen LogP contribution >= 0.6 is 0 Å². The summed E-state index contributed by atoms with van der Waals surface area (Å²) in [6.07, 6.45) is 9.42. The van der Waals surface area contributed by atoms with E-state index in [9.17, 15) is 4.79 Å². The number of carbonyl (C=O) groups is 1. The Balaban J connectivity index is 1.48. The molecule has 1 N–H and O–H groups in total. The third kappa shape index (κ3) is 4.72. The molecular weight excluding hydrogens is 320 g/mol. The lowest BCUT2D eigenvalue weighted by Gasteiger charge is -2.06. The van der Waals surface area contributed by atoms with Crippen LogP contribution in [0.5, 0.6) is 0 Å². The first kappa shape index (κ1) is 16.8. The van der Waals surface area contributed by atoms with Gasteiger partial charge in [0.2, 0.25) is 11.8 Å². The molecule has 25 heavy (non-hydrogen) atoms. The minimum absolute atomic E-state index is 0.0590. The van der Waals surface area contributed by atoms with Crippen molar-refractivity contribution in [2.45, 2.75) is 39.2 Å². The maximum Gasteiger partial charge on any atom is 0.227 e. The molecule has 0 aliphatic carbocycles. The van der Waals surface area contributed by atoms with E-state index in [0.717, 1.165) is 24.2 Å². The van der Waals surface area contributed by atoms with Crippen LogP contribution in [-0.4, -0.2) is 30.6 Å². The summed E-state index contributed by atoms with van der Waals surface area (Å²) in [5.74, 6) is 1.90. The van der Waals surface area contributed by atoms with E-state index in [1.807, 2.05) is 22.9 Å². The Bertz CT molecular complexity index is 812. The molecule has 0 saturated carbocycles. The number of aromatic nitrogens is 5. The van der Waals surface area contributed by atoms with E-state index < -0.39 is 0 Å². The van der Waals surface area contributed by atoms with Gasteiger partial charge in [0.05, 0.1) is 0 Å². The molecule has 0 fully saturated rings. The molecule has 130 valence electrons. The van der Waals surface area contributed by atoms with Crippen molar-refractivity contribution in [1.29, 1.82) is 0 Å². The fourth-order valence-corrected chi connectivity index (χ4v) is 2.33. The largest absolute Gasteiger partial charge is 0.352 e. The number of nitrogens with one attached hydrogen (secondary N) is 1. The van der Waals surface area contributed by atoms with Gasteiger partial charge in [-0.15, -0.1) is 0 Å². The van der Waals surface area contributed by atoms with Crippen LogP contribution in [0.4, 0.5) is 0 Å². The lowest BCUT2D eigenvalue weighted by Crippen LogP contribution is -2.23. The van der Waals surface area contributed by atoms with Gasteiger partial charge < -0.3 is 9.84 Å². The number of imidazole rings is 1. The molecule has 0 aromatic carbocycles. The fraction of sp³-hybridized carbons (Fsp3) is 0.353. The molecule has 3 aromatic rings. The molecule has 0 bridgehead atoms. The Morgan fingerprint density at radius 1 is 1.32 bits per heavy atom. The molecule has 0 unspecified atom stereocenters. The normalized spacial score (nSPS) is 10.8. The van der Waals surface area contributed by atoms with Gasteiger partial charge in [0, 0.05) is 44.4 Å². The Labute approximate surface area is 145 Å². The maximum absolute atomic E-state index is 12.0. The van der Waals surface area contributed by atoms with E-state index >= 15 is 0 Å². The number of hydrogen-bond donors (Lipinski definition) is 1. The number of carbonyl (C=O) groups excluding carboxylic acids is 1. The zero-order valence-electron chi connectivity index (χ0n) is 14.1. The lowest BCUT2D eigenvalue weighted by molar-refractivity contribution is -0.121. The highest BCUT2D eigenvalue weighted by atomic mass is 16.5. The van der Waals surface area contributed by atoms with Crippen molar-refractivity contribution in [1.82, 2.24) is 30.0 Å². The first-order valence-electron chi connectivity index (χ1n) is 8.26. The van der Waals surface area contributed by atoms with Crippen LogP contribution in [0.15, 0.2) is 41.6 Å². The van der Waals surface area contributed by atoms with Gasteiger partial charge >= 0.3 is 0 Å². The van der Waals surface area contributed by atoms with Crippen LogP contribution in [-0.2, 0) is 24.2 Å². The molecule has 0 atom stereocenters. The lowest BCUT2D eigenvalue weighted by atomic mass is 10.2. The molecule has 0 aliphatic rings. The van der Waals surface area contributed by atoms with E-state index in [1.165, 1.54) is 0 Å². The molecule has 3 heterocycles. The van der Waals surface area contributed by atoms with Crippen molar-refractivity contribution in [3.05, 3.63) is 54.3 Å². The number of rotatable bonds is 8. The summed E-state index contributed by atoms with van der Waals surface area (Å²) in [4.78, 5) is 24.5. The van der Waals surface area contributed by atoms with E-state index in [1.54, 1.807) is 18.7 Å². The summed E-state index contributed by atoms with van der Waals surface area (Å²) in [6, 6.07) is 3.78. The number of amides is 1. The van der Waals surface area contributed by atoms with E-state index in [-0.39, 0.29) is 5.91 Å². The molecule has 1 amide bonds. The molecule has 0 spiro atoms. The zero-order valence-corrected chi connectivity index (χ0v) is 14.1. The van der Waals surface area contributed by atoms with Gasteiger partial charge in [-0.3, -0.25) is 9.36 Å². The summed E-state index contributed by atoms with van der Waals surface area (Å²) < 4.78 is 6.94. The minimum Gasteiger partial charge on any atom is -0.352 e. The predicted molar refractivity (Wildman–Crippen MR) is 89.8 cm³/mol. The average molecular weight is 340 g/mol. The van der Waals surface area contributed by atoms with Crippen LogP contribution in [0.1, 0.15) is 37.0 Å². The second-order valence-corrected chi connectivity index (χ2v) is 5.62. The van der Waals surface area contributed by atoms with Crippen molar-refractivity contribution < 1.29 is 9.32 Å². The average Bonchev–Trinajstić information content (AvgIpc) is 3.31. The summed E-state index contributed by atoms with van der Waals surface area (Å²) in [6.45, 7) is 2.49. The Morgan fingerprint density at radius 3 is 3.04 bits per heavy atom. The Hall–Kier alpha value is -3.03.